The van der Waals surface area contributed by atoms with E-state index in [9.17, 15) is 15.3 Å². The molecule has 4 nitrogen and oxygen atoms in total. The first-order valence-electron chi connectivity index (χ1n) is 5.42. The number of rotatable bonds is 4. The van der Waals surface area contributed by atoms with E-state index in [2.05, 4.69) is 13.8 Å². The molecule has 5 N–H and O–H groups in total. The monoisotopic (exact) mass is 225 g/mol. The molecule has 0 saturated heterocycles. The summed E-state index contributed by atoms with van der Waals surface area (Å²) in [7, 11) is 0. The van der Waals surface area contributed by atoms with E-state index in [4.69, 9.17) is 5.73 Å². The molecule has 1 rings (SSSR count). The fourth-order valence-electron chi connectivity index (χ4n) is 1.55. The lowest BCUT2D eigenvalue weighted by Gasteiger charge is -2.15. The lowest BCUT2D eigenvalue weighted by Crippen LogP contribution is -2.11. The van der Waals surface area contributed by atoms with Crippen molar-refractivity contribution in [2.75, 3.05) is 0 Å². The van der Waals surface area contributed by atoms with Crippen LogP contribution in [0.15, 0.2) is 12.1 Å². The number of hydrogen-bond acceptors (Lipinski definition) is 4. The summed E-state index contributed by atoms with van der Waals surface area (Å²) in [4.78, 5) is 0. The SMILES string of the molecule is CC(C)CC[C@H](N)c1ccc(O)c(O)c1O. The van der Waals surface area contributed by atoms with Crippen LogP contribution in [-0.4, -0.2) is 15.3 Å². The van der Waals surface area contributed by atoms with Crippen molar-refractivity contribution in [1.82, 2.24) is 0 Å². The summed E-state index contributed by atoms with van der Waals surface area (Å²) in [5.41, 5.74) is 6.38. The first kappa shape index (κ1) is 12.6. The van der Waals surface area contributed by atoms with Gasteiger partial charge in [-0.05, 0) is 30.9 Å². The Kier molecular flexibility index (Phi) is 4.01. The van der Waals surface area contributed by atoms with Gasteiger partial charge in [0.25, 0.3) is 0 Å². The molecule has 0 unspecified atom stereocenters. The van der Waals surface area contributed by atoms with E-state index in [1.807, 2.05) is 0 Å². The van der Waals surface area contributed by atoms with E-state index < -0.39 is 5.75 Å². The van der Waals surface area contributed by atoms with Crippen LogP contribution in [0.4, 0.5) is 0 Å². The quantitative estimate of drug-likeness (QED) is 0.592. The molecule has 0 radical (unpaired) electrons. The van der Waals surface area contributed by atoms with Gasteiger partial charge in [-0.25, -0.2) is 0 Å². The predicted molar refractivity (Wildman–Crippen MR) is 62.4 cm³/mol. The Hall–Kier alpha value is -1.42. The highest BCUT2D eigenvalue weighted by Gasteiger charge is 2.16. The third kappa shape index (κ3) is 2.79. The van der Waals surface area contributed by atoms with Gasteiger partial charge in [0.1, 0.15) is 0 Å². The molecule has 1 aromatic carbocycles. The van der Waals surface area contributed by atoms with Crippen molar-refractivity contribution in [1.29, 1.82) is 0 Å². The zero-order chi connectivity index (χ0) is 12.3. The molecule has 0 fully saturated rings. The third-order valence-electron chi connectivity index (χ3n) is 2.62. The first-order chi connectivity index (χ1) is 7.43. The average molecular weight is 225 g/mol. The van der Waals surface area contributed by atoms with Crippen LogP contribution >= 0.6 is 0 Å². The summed E-state index contributed by atoms with van der Waals surface area (Å²) >= 11 is 0. The maximum Gasteiger partial charge on any atom is 0.200 e. The van der Waals surface area contributed by atoms with Crippen molar-refractivity contribution in [3.63, 3.8) is 0 Å². The Morgan fingerprint density at radius 2 is 1.69 bits per heavy atom. The van der Waals surface area contributed by atoms with Crippen LogP contribution in [0.5, 0.6) is 17.2 Å². The molecule has 0 aromatic heterocycles. The number of phenolic OH excluding ortho intramolecular Hbond substituents is 3. The zero-order valence-electron chi connectivity index (χ0n) is 9.64. The summed E-state index contributed by atoms with van der Waals surface area (Å²) < 4.78 is 0. The van der Waals surface area contributed by atoms with Crippen molar-refractivity contribution >= 4 is 0 Å². The number of aromatic hydroxyl groups is 3. The van der Waals surface area contributed by atoms with Crippen LogP contribution in [0.2, 0.25) is 0 Å². The van der Waals surface area contributed by atoms with Gasteiger partial charge in [0.15, 0.2) is 11.5 Å². The molecule has 0 aliphatic heterocycles. The lowest BCUT2D eigenvalue weighted by atomic mass is 9.97. The second-order valence-corrected chi connectivity index (χ2v) is 4.45. The molecule has 0 amide bonds. The Morgan fingerprint density at radius 1 is 1.06 bits per heavy atom. The second kappa shape index (κ2) is 5.07. The van der Waals surface area contributed by atoms with E-state index in [-0.39, 0.29) is 17.5 Å². The van der Waals surface area contributed by atoms with Crippen LogP contribution in [0.25, 0.3) is 0 Å². The standard InChI is InChI=1S/C12H19NO3/c1-7(2)3-5-9(13)8-4-6-10(14)12(16)11(8)15/h4,6-7,9,14-16H,3,5,13H2,1-2H3/t9-/m0/s1. The molecule has 0 bridgehead atoms. The van der Waals surface area contributed by atoms with E-state index >= 15 is 0 Å². The molecule has 90 valence electrons. The fraction of sp³-hybridized carbons (Fsp3) is 0.500. The summed E-state index contributed by atoms with van der Waals surface area (Å²) in [5, 5.41) is 28.2. The predicted octanol–water partition coefficient (Wildman–Crippen LogP) is 2.24. The van der Waals surface area contributed by atoms with Gasteiger partial charge in [0.05, 0.1) is 0 Å². The van der Waals surface area contributed by atoms with Gasteiger partial charge in [-0.3, -0.25) is 0 Å². The lowest BCUT2D eigenvalue weighted by molar-refractivity contribution is 0.361. The summed E-state index contributed by atoms with van der Waals surface area (Å²) in [6.45, 7) is 4.20. The molecule has 0 saturated carbocycles. The maximum absolute atomic E-state index is 9.62. The van der Waals surface area contributed by atoms with Gasteiger partial charge in [-0.15, -0.1) is 0 Å². The molecule has 4 heteroatoms. The topological polar surface area (TPSA) is 86.7 Å². The highest BCUT2D eigenvalue weighted by molar-refractivity contribution is 5.53. The van der Waals surface area contributed by atoms with Gasteiger partial charge in [0.2, 0.25) is 5.75 Å². The molecule has 1 aromatic rings. The number of benzene rings is 1. The van der Waals surface area contributed by atoms with Gasteiger partial charge in [-0.2, -0.15) is 0 Å². The van der Waals surface area contributed by atoms with Gasteiger partial charge in [-0.1, -0.05) is 13.8 Å². The number of nitrogens with two attached hydrogens (primary N) is 1. The van der Waals surface area contributed by atoms with Crippen LogP contribution in [0.1, 0.15) is 38.3 Å². The molecular weight excluding hydrogens is 206 g/mol. The molecular formula is C12H19NO3. The van der Waals surface area contributed by atoms with Crippen molar-refractivity contribution in [2.24, 2.45) is 11.7 Å². The Bertz CT molecular complexity index is 364. The highest BCUT2D eigenvalue weighted by Crippen LogP contribution is 2.40. The number of phenols is 3. The van der Waals surface area contributed by atoms with E-state index in [0.29, 0.717) is 11.5 Å². The maximum atomic E-state index is 9.62. The molecule has 1 atom stereocenters. The van der Waals surface area contributed by atoms with Crippen molar-refractivity contribution in [2.45, 2.75) is 32.7 Å². The minimum atomic E-state index is -0.502. The van der Waals surface area contributed by atoms with Crippen molar-refractivity contribution < 1.29 is 15.3 Å². The molecule has 0 spiro atoms. The minimum Gasteiger partial charge on any atom is -0.504 e. The van der Waals surface area contributed by atoms with Crippen LogP contribution in [0.3, 0.4) is 0 Å². The summed E-state index contributed by atoms with van der Waals surface area (Å²) in [5.74, 6) is -0.620. The van der Waals surface area contributed by atoms with Crippen molar-refractivity contribution in [3.8, 4) is 17.2 Å². The molecule has 0 heterocycles. The van der Waals surface area contributed by atoms with Gasteiger partial charge < -0.3 is 21.1 Å². The Labute approximate surface area is 95.3 Å². The van der Waals surface area contributed by atoms with E-state index in [1.54, 1.807) is 0 Å². The average Bonchev–Trinajstić information content (AvgIpc) is 2.23. The summed E-state index contributed by atoms with van der Waals surface area (Å²) in [6.07, 6.45) is 1.68. The molecule has 16 heavy (non-hydrogen) atoms. The fourth-order valence-corrected chi connectivity index (χ4v) is 1.55. The molecule has 0 aliphatic carbocycles. The summed E-state index contributed by atoms with van der Waals surface area (Å²) in [6, 6.07) is 2.54. The zero-order valence-corrected chi connectivity index (χ0v) is 9.64. The third-order valence-corrected chi connectivity index (χ3v) is 2.62. The smallest absolute Gasteiger partial charge is 0.200 e. The Balaban J connectivity index is 2.84. The minimum absolute atomic E-state index is 0.323. The van der Waals surface area contributed by atoms with E-state index in [0.717, 1.165) is 12.8 Å². The Morgan fingerprint density at radius 3 is 2.25 bits per heavy atom. The second-order valence-electron chi connectivity index (χ2n) is 4.45. The van der Waals surface area contributed by atoms with Crippen molar-refractivity contribution in [3.05, 3.63) is 17.7 Å². The van der Waals surface area contributed by atoms with Gasteiger partial charge in [0, 0.05) is 11.6 Å². The highest BCUT2D eigenvalue weighted by atomic mass is 16.3. The number of hydrogen-bond donors (Lipinski definition) is 4. The first-order valence-corrected chi connectivity index (χ1v) is 5.42. The van der Waals surface area contributed by atoms with Crippen LogP contribution in [-0.2, 0) is 0 Å². The largest absolute Gasteiger partial charge is 0.504 e. The normalized spacial score (nSPS) is 13.0. The van der Waals surface area contributed by atoms with Crippen LogP contribution < -0.4 is 5.73 Å². The molecule has 0 aliphatic rings. The van der Waals surface area contributed by atoms with Gasteiger partial charge >= 0.3 is 0 Å². The van der Waals surface area contributed by atoms with E-state index in [1.165, 1.54) is 12.1 Å². The van der Waals surface area contributed by atoms with Crippen LogP contribution in [0, 0.1) is 5.92 Å².